The van der Waals surface area contributed by atoms with E-state index in [2.05, 4.69) is 35.0 Å². The number of hydrogen-bond acceptors (Lipinski definition) is 2. The van der Waals surface area contributed by atoms with Gasteiger partial charge in [0.05, 0.1) is 6.61 Å². The quantitative estimate of drug-likeness (QED) is 0.781. The zero-order valence-electron chi connectivity index (χ0n) is 9.65. The standard InChI is InChI=1S/C13H18N2O/c1-2-16-8-7-15-6-5-12-4-3-11(10-14)9-13(12)15/h3-6,9H,2,7-8,10,14H2,1H3. The van der Waals surface area contributed by atoms with Crippen LogP contribution in [0.1, 0.15) is 12.5 Å². The molecule has 1 aromatic carbocycles. The van der Waals surface area contributed by atoms with Crippen molar-refractivity contribution in [1.29, 1.82) is 0 Å². The van der Waals surface area contributed by atoms with Crippen LogP contribution in [0.5, 0.6) is 0 Å². The van der Waals surface area contributed by atoms with Gasteiger partial charge >= 0.3 is 0 Å². The first-order chi connectivity index (χ1) is 7.85. The van der Waals surface area contributed by atoms with E-state index in [0.29, 0.717) is 6.54 Å². The van der Waals surface area contributed by atoms with Gasteiger partial charge in [-0.2, -0.15) is 0 Å². The molecule has 86 valence electrons. The van der Waals surface area contributed by atoms with E-state index in [9.17, 15) is 0 Å². The summed E-state index contributed by atoms with van der Waals surface area (Å²) in [4.78, 5) is 0. The van der Waals surface area contributed by atoms with E-state index in [-0.39, 0.29) is 0 Å². The number of ether oxygens (including phenoxy) is 1. The average Bonchev–Trinajstić information content (AvgIpc) is 2.72. The van der Waals surface area contributed by atoms with E-state index in [1.54, 1.807) is 0 Å². The van der Waals surface area contributed by atoms with Crippen LogP contribution in [0.3, 0.4) is 0 Å². The summed E-state index contributed by atoms with van der Waals surface area (Å²) in [6.45, 7) is 5.03. The van der Waals surface area contributed by atoms with Gasteiger partial charge in [0.25, 0.3) is 0 Å². The lowest BCUT2D eigenvalue weighted by molar-refractivity contribution is 0.140. The molecule has 0 saturated carbocycles. The van der Waals surface area contributed by atoms with Gasteiger partial charge in [0, 0.05) is 31.4 Å². The number of nitrogens with zero attached hydrogens (tertiary/aromatic N) is 1. The van der Waals surface area contributed by atoms with Crippen LogP contribution in [-0.2, 0) is 17.8 Å². The Kier molecular flexibility index (Phi) is 3.59. The second kappa shape index (κ2) is 5.14. The number of aromatic nitrogens is 1. The number of nitrogens with two attached hydrogens (primary N) is 1. The molecule has 3 heteroatoms. The Bertz CT molecular complexity index is 462. The van der Waals surface area contributed by atoms with Gasteiger partial charge in [-0.3, -0.25) is 0 Å². The van der Waals surface area contributed by atoms with Crippen LogP contribution in [0.2, 0.25) is 0 Å². The summed E-state index contributed by atoms with van der Waals surface area (Å²) in [5.74, 6) is 0. The number of rotatable bonds is 5. The molecule has 0 bridgehead atoms. The van der Waals surface area contributed by atoms with E-state index < -0.39 is 0 Å². The number of hydrogen-bond donors (Lipinski definition) is 1. The van der Waals surface area contributed by atoms with Crippen LogP contribution in [0, 0.1) is 0 Å². The Balaban J connectivity index is 2.24. The molecule has 0 saturated heterocycles. The van der Waals surface area contributed by atoms with Crippen LogP contribution < -0.4 is 5.73 Å². The summed E-state index contributed by atoms with van der Waals surface area (Å²) < 4.78 is 7.58. The van der Waals surface area contributed by atoms with Gasteiger partial charge < -0.3 is 15.0 Å². The summed E-state index contributed by atoms with van der Waals surface area (Å²) in [5, 5.41) is 1.26. The summed E-state index contributed by atoms with van der Waals surface area (Å²) in [5.41, 5.74) is 8.06. The van der Waals surface area contributed by atoms with E-state index in [1.165, 1.54) is 16.5 Å². The topological polar surface area (TPSA) is 40.2 Å². The maximum Gasteiger partial charge on any atom is 0.0645 e. The molecule has 0 atom stereocenters. The number of fused-ring (bicyclic) bond motifs is 1. The van der Waals surface area contributed by atoms with Crippen LogP contribution in [-0.4, -0.2) is 17.8 Å². The highest BCUT2D eigenvalue weighted by Crippen LogP contribution is 2.17. The largest absolute Gasteiger partial charge is 0.380 e. The molecule has 3 nitrogen and oxygen atoms in total. The monoisotopic (exact) mass is 218 g/mol. The first-order valence-electron chi connectivity index (χ1n) is 5.70. The minimum Gasteiger partial charge on any atom is -0.380 e. The van der Waals surface area contributed by atoms with Gasteiger partial charge in [-0.25, -0.2) is 0 Å². The smallest absolute Gasteiger partial charge is 0.0645 e. The van der Waals surface area contributed by atoms with Crippen molar-refractivity contribution < 1.29 is 4.74 Å². The molecular weight excluding hydrogens is 200 g/mol. The molecular formula is C13H18N2O. The maximum atomic E-state index is 5.65. The predicted octanol–water partition coefficient (Wildman–Crippen LogP) is 2.14. The fraction of sp³-hybridized carbons (Fsp3) is 0.385. The van der Waals surface area contributed by atoms with Crippen LogP contribution in [0.25, 0.3) is 10.9 Å². The molecule has 2 N–H and O–H groups in total. The van der Waals surface area contributed by atoms with Crippen LogP contribution in [0.15, 0.2) is 30.5 Å². The Hall–Kier alpha value is -1.32. The third-order valence-corrected chi connectivity index (χ3v) is 2.75. The molecule has 0 spiro atoms. The Morgan fingerprint density at radius 1 is 1.31 bits per heavy atom. The lowest BCUT2D eigenvalue weighted by atomic mass is 10.2. The van der Waals surface area contributed by atoms with Gasteiger partial charge in [-0.1, -0.05) is 12.1 Å². The molecule has 0 aliphatic heterocycles. The molecule has 1 aromatic heterocycles. The lowest BCUT2D eigenvalue weighted by Crippen LogP contribution is -2.05. The summed E-state index contributed by atoms with van der Waals surface area (Å²) >= 11 is 0. The van der Waals surface area contributed by atoms with Crippen molar-refractivity contribution in [2.75, 3.05) is 13.2 Å². The highest BCUT2D eigenvalue weighted by atomic mass is 16.5. The lowest BCUT2D eigenvalue weighted by Gasteiger charge is -2.06. The fourth-order valence-electron chi connectivity index (χ4n) is 1.86. The molecule has 0 radical (unpaired) electrons. The Labute approximate surface area is 95.8 Å². The van der Waals surface area contributed by atoms with Crippen molar-refractivity contribution in [3.63, 3.8) is 0 Å². The van der Waals surface area contributed by atoms with Crippen LogP contribution >= 0.6 is 0 Å². The second-order valence-corrected chi connectivity index (χ2v) is 3.80. The molecule has 0 fully saturated rings. The SMILES string of the molecule is CCOCCn1ccc2ccc(CN)cc21. The molecule has 1 heterocycles. The number of benzene rings is 1. The minimum absolute atomic E-state index is 0.590. The molecule has 2 rings (SSSR count). The fourth-order valence-corrected chi connectivity index (χ4v) is 1.86. The predicted molar refractivity (Wildman–Crippen MR) is 66.3 cm³/mol. The van der Waals surface area contributed by atoms with Crippen molar-refractivity contribution in [3.8, 4) is 0 Å². The van der Waals surface area contributed by atoms with Crippen molar-refractivity contribution in [2.45, 2.75) is 20.0 Å². The Morgan fingerprint density at radius 2 is 2.19 bits per heavy atom. The first kappa shape index (κ1) is 11.2. The van der Waals surface area contributed by atoms with Crippen molar-refractivity contribution in [3.05, 3.63) is 36.0 Å². The molecule has 0 aliphatic rings. The second-order valence-electron chi connectivity index (χ2n) is 3.80. The third kappa shape index (κ3) is 2.26. The molecule has 0 amide bonds. The van der Waals surface area contributed by atoms with Gasteiger partial charge in [0.1, 0.15) is 0 Å². The van der Waals surface area contributed by atoms with E-state index >= 15 is 0 Å². The highest BCUT2D eigenvalue weighted by molar-refractivity contribution is 5.80. The summed E-state index contributed by atoms with van der Waals surface area (Å²) in [6.07, 6.45) is 2.10. The van der Waals surface area contributed by atoms with Crippen molar-refractivity contribution in [1.82, 2.24) is 4.57 Å². The van der Waals surface area contributed by atoms with Crippen molar-refractivity contribution >= 4 is 10.9 Å². The van der Waals surface area contributed by atoms with E-state index in [1.807, 2.05) is 6.92 Å². The minimum atomic E-state index is 0.590. The molecule has 0 aliphatic carbocycles. The van der Waals surface area contributed by atoms with Gasteiger partial charge in [0.15, 0.2) is 0 Å². The van der Waals surface area contributed by atoms with Gasteiger partial charge in [0.2, 0.25) is 0 Å². The van der Waals surface area contributed by atoms with Gasteiger partial charge in [-0.05, 0) is 30.0 Å². The molecule has 16 heavy (non-hydrogen) atoms. The molecule has 0 unspecified atom stereocenters. The van der Waals surface area contributed by atoms with E-state index in [4.69, 9.17) is 10.5 Å². The van der Waals surface area contributed by atoms with Gasteiger partial charge in [-0.15, -0.1) is 0 Å². The Morgan fingerprint density at radius 3 is 2.94 bits per heavy atom. The third-order valence-electron chi connectivity index (χ3n) is 2.75. The average molecular weight is 218 g/mol. The normalized spacial score (nSPS) is 11.1. The van der Waals surface area contributed by atoms with Crippen molar-refractivity contribution in [2.24, 2.45) is 5.73 Å². The summed E-state index contributed by atoms with van der Waals surface area (Å²) in [6, 6.07) is 8.48. The van der Waals surface area contributed by atoms with E-state index in [0.717, 1.165) is 19.8 Å². The highest BCUT2D eigenvalue weighted by Gasteiger charge is 2.01. The van der Waals surface area contributed by atoms with Crippen LogP contribution in [0.4, 0.5) is 0 Å². The molecule has 2 aromatic rings. The first-order valence-corrected chi connectivity index (χ1v) is 5.70. The zero-order valence-corrected chi connectivity index (χ0v) is 9.65. The summed E-state index contributed by atoms with van der Waals surface area (Å²) in [7, 11) is 0. The maximum absolute atomic E-state index is 5.65. The zero-order chi connectivity index (χ0) is 11.4.